The normalized spacial score (nSPS) is 13.9. The van der Waals surface area contributed by atoms with Gasteiger partial charge in [-0.15, -0.1) is 0 Å². The van der Waals surface area contributed by atoms with Gasteiger partial charge in [-0.25, -0.2) is 0 Å². The molecule has 27 heavy (non-hydrogen) atoms. The minimum absolute atomic E-state index is 0.0593. The number of nitro groups is 1. The van der Waals surface area contributed by atoms with Gasteiger partial charge in [-0.2, -0.15) is 0 Å². The maximum Gasteiger partial charge on any atom is 0.294 e. The second-order valence-corrected chi connectivity index (χ2v) is 6.77. The molecule has 2 aromatic carbocycles. The van der Waals surface area contributed by atoms with Gasteiger partial charge in [-0.3, -0.25) is 14.9 Å². The number of halogens is 1. The van der Waals surface area contributed by atoms with Crippen LogP contribution in [0.3, 0.4) is 0 Å². The summed E-state index contributed by atoms with van der Waals surface area (Å²) in [5.41, 5.74) is 1.12. The van der Waals surface area contributed by atoms with Crippen molar-refractivity contribution in [3.8, 4) is 5.75 Å². The summed E-state index contributed by atoms with van der Waals surface area (Å²) in [4.78, 5) is 25.6. The van der Waals surface area contributed by atoms with Crippen LogP contribution in [0.5, 0.6) is 5.75 Å². The van der Waals surface area contributed by atoms with Gasteiger partial charge in [0.15, 0.2) is 0 Å². The zero-order valence-electron chi connectivity index (χ0n) is 14.6. The highest BCUT2D eigenvalue weighted by Crippen LogP contribution is 2.32. The number of benzene rings is 2. The van der Waals surface area contributed by atoms with E-state index in [4.69, 9.17) is 9.47 Å². The molecule has 2 aromatic rings. The van der Waals surface area contributed by atoms with Crippen LogP contribution in [0.4, 0.5) is 17.1 Å². The first-order valence-corrected chi connectivity index (χ1v) is 9.05. The summed E-state index contributed by atoms with van der Waals surface area (Å²) in [6.07, 6.45) is 0. The minimum Gasteiger partial charge on any atom is -0.496 e. The molecule has 1 fully saturated rings. The first kappa shape index (κ1) is 19.1. The number of hydrogen-bond acceptors (Lipinski definition) is 6. The molecular formula is C18H18BrN3O5. The van der Waals surface area contributed by atoms with E-state index in [0.29, 0.717) is 49.0 Å². The largest absolute Gasteiger partial charge is 0.496 e. The topological polar surface area (TPSA) is 93.9 Å². The molecule has 0 aliphatic carbocycles. The molecule has 9 heteroatoms. The molecule has 1 saturated heterocycles. The van der Waals surface area contributed by atoms with E-state index in [0.717, 1.165) is 4.47 Å². The molecule has 0 atom stereocenters. The van der Waals surface area contributed by atoms with Gasteiger partial charge in [0, 0.05) is 29.3 Å². The van der Waals surface area contributed by atoms with Crippen molar-refractivity contribution in [2.75, 3.05) is 43.6 Å². The molecule has 0 radical (unpaired) electrons. The fourth-order valence-electron chi connectivity index (χ4n) is 2.88. The van der Waals surface area contributed by atoms with Gasteiger partial charge in [0.2, 0.25) is 0 Å². The average Bonchev–Trinajstić information content (AvgIpc) is 2.68. The summed E-state index contributed by atoms with van der Waals surface area (Å²) in [7, 11) is 1.47. The van der Waals surface area contributed by atoms with Crippen LogP contribution in [0.25, 0.3) is 0 Å². The number of morpholine rings is 1. The van der Waals surface area contributed by atoms with E-state index in [1.165, 1.54) is 13.2 Å². The molecule has 1 aliphatic rings. The molecular weight excluding hydrogens is 418 g/mol. The van der Waals surface area contributed by atoms with Gasteiger partial charge >= 0.3 is 0 Å². The third-order valence-electron chi connectivity index (χ3n) is 4.19. The number of nitrogens with zero attached hydrogens (tertiary/aromatic N) is 2. The second kappa shape index (κ2) is 8.36. The number of rotatable bonds is 5. The Labute approximate surface area is 164 Å². The van der Waals surface area contributed by atoms with Crippen LogP contribution in [0.2, 0.25) is 0 Å². The van der Waals surface area contributed by atoms with E-state index in [-0.39, 0.29) is 5.69 Å². The van der Waals surface area contributed by atoms with Crippen molar-refractivity contribution in [2.24, 2.45) is 0 Å². The third kappa shape index (κ3) is 4.37. The SMILES string of the molecule is COc1ccc(Br)cc1C(=O)Nc1ccc(N2CCOCC2)c([N+](=O)[O-])c1. The summed E-state index contributed by atoms with van der Waals surface area (Å²) in [6, 6.07) is 9.73. The number of carbonyl (C=O) groups is 1. The lowest BCUT2D eigenvalue weighted by Crippen LogP contribution is -2.36. The number of amides is 1. The van der Waals surface area contributed by atoms with E-state index >= 15 is 0 Å². The van der Waals surface area contributed by atoms with E-state index in [2.05, 4.69) is 21.2 Å². The first-order valence-electron chi connectivity index (χ1n) is 8.25. The van der Waals surface area contributed by atoms with E-state index < -0.39 is 10.8 Å². The molecule has 0 saturated carbocycles. The maximum atomic E-state index is 12.6. The molecule has 1 aliphatic heterocycles. The predicted octanol–water partition coefficient (Wildman–Crippen LogP) is 3.45. The van der Waals surface area contributed by atoms with Gasteiger partial charge in [0.25, 0.3) is 11.6 Å². The average molecular weight is 436 g/mol. The number of methoxy groups -OCH3 is 1. The number of ether oxygens (including phenoxy) is 2. The van der Waals surface area contributed by atoms with Crippen LogP contribution >= 0.6 is 15.9 Å². The van der Waals surface area contributed by atoms with Crippen molar-refractivity contribution in [1.82, 2.24) is 0 Å². The number of nitrogens with one attached hydrogen (secondary N) is 1. The number of nitro benzene ring substituents is 1. The summed E-state index contributed by atoms with van der Waals surface area (Å²) in [5, 5.41) is 14.2. The molecule has 142 valence electrons. The number of carbonyl (C=O) groups excluding carboxylic acids is 1. The molecule has 0 bridgehead atoms. The van der Waals surface area contributed by atoms with Crippen molar-refractivity contribution in [1.29, 1.82) is 0 Å². The van der Waals surface area contributed by atoms with Crippen LogP contribution in [-0.2, 0) is 4.74 Å². The van der Waals surface area contributed by atoms with Gasteiger partial charge in [0.1, 0.15) is 11.4 Å². The van der Waals surface area contributed by atoms with Crippen molar-refractivity contribution in [3.05, 3.63) is 56.5 Å². The molecule has 0 unspecified atom stereocenters. The van der Waals surface area contributed by atoms with Crippen LogP contribution in [-0.4, -0.2) is 44.2 Å². The fraction of sp³-hybridized carbons (Fsp3) is 0.278. The van der Waals surface area contributed by atoms with Crippen LogP contribution < -0.4 is 15.0 Å². The van der Waals surface area contributed by atoms with Gasteiger partial charge < -0.3 is 19.7 Å². The maximum absolute atomic E-state index is 12.6. The van der Waals surface area contributed by atoms with E-state index in [1.54, 1.807) is 30.3 Å². The van der Waals surface area contributed by atoms with Crippen LogP contribution in [0, 0.1) is 10.1 Å². The second-order valence-electron chi connectivity index (χ2n) is 5.86. The van der Waals surface area contributed by atoms with Crippen molar-refractivity contribution in [2.45, 2.75) is 0 Å². The Kier molecular flexibility index (Phi) is 5.92. The Morgan fingerprint density at radius 1 is 1.26 bits per heavy atom. The summed E-state index contributed by atoms with van der Waals surface area (Å²) in [6.45, 7) is 2.22. The van der Waals surface area contributed by atoms with Crippen molar-refractivity contribution >= 4 is 38.9 Å². The van der Waals surface area contributed by atoms with E-state index in [1.807, 2.05) is 4.90 Å². The Morgan fingerprint density at radius 3 is 2.67 bits per heavy atom. The lowest BCUT2D eigenvalue weighted by atomic mass is 10.1. The Balaban J connectivity index is 1.87. The fourth-order valence-corrected chi connectivity index (χ4v) is 3.24. The molecule has 1 N–H and O–H groups in total. The quantitative estimate of drug-likeness (QED) is 0.570. The summed E-state index contributed by atoms with van der Waals surface area (Å²) < 4.78 is 11.2. The third-order valence-corrected chi connectivity index (χ3v) is 4.68. The van der Waals surface area contributed by atoms with Crippen molar-refractivity contribution < 1.29 is 19.2 Å². The Morgan fingerprint density at radius 2 is 2.00 bits per heavy atom. The molecule has 8 nitrogen and oxygen atoms in total. The predicted molar refractivity (Wildman–Crippen MR) is 105 cm³/mol. The highest BCUT2D eigenvalue weighted by Gasteiger charge is 2.23. The van der Waals surface area contributed by atoms with Crippen LogP contribution in [0.1, 0.15) is 10.4 Å². The molecule has 0 aromatic heterocycles. The Bertz CT molecular complexity index is 868. The lowest BCUT2D eigenvalue weighted by Gasteiger charge is -2.28. The van der Waals surface area contributed by atoms with Gasteiger partial charge in [-0.05, 0) is 30.3 Å². The highest BCUT2D eigenvalue weighted by atomic mass is 79.9. The number of hydrogen-bond donors (Lipinski definition) is 1. The zero-order valence-corrected chi connectivity index (χ0v) is 16.2. The lowest BCUT2D eigenvalue weighted by molar-refractivity contribution is -0.384. The molecule has 0 spiro atoms. The smallest absolute Gasteiger partial charge is 0.294 e. The monoisotopic (exact) mass is 435 g/mol. The summed E-state index contributed by atoms with van der Waals surface area (Å²) >= 11 is 3.32. The zero-order chi connectivity index (χ0) is 19.4. The molecule has 1 amide bonds. The standard InChI is InChI=1S/C18H18BrN3O5/c1-26-17-5-2-12(19)10-14(17)18(23)20-13-3-4-15(16(11-13)22(24)25)21-6-8-27-9-7-21/h2-5,10-11H,6-9H2,1H3,(H,20,23). The first-order chi connectivity index (χ1) is 13.0. The molecule has 1 heterocycles. The molecule has 3 rings (SSSR count). The number of anilines is 2. The van der Waals surface area contributed by atoms with Gasteiger partial charge in [-0.1, -0.05) is 15.9 Å². The summed E-state index contributed by atoms with van der Waals surface area (Å²) in [5.74, 6) is -0.00305. The van der Waals surface area contributed by atoms with Crippen LogP contribution in [0.15, 0.2) is 40.9 Å². The van der Waals surface area contributed by atoms with Crippen molar-refractivity contribution in [3.63, 3.8) is 0 Å². The van der Waals surface area contributed by atoms with E-state index in [9.17, 15) is 14.9 Å². The Hall–Kier alpha value is -2.65. The minimum atomic E-state index is -0.444. The highest BCUT2D eigenvalue weighted by molar-refractivity contribution is 9.10. The van der Waals surface area contributed by atoms with Gasteiger partial charge in [0.05, 0.1) is 30.8 Å².